The highest BCUT2D eigenvalue weighted by atomic mass is 32.2. The van der Waals surface area contributed by atoms with E-state index in [4.69, 9.17) is 4.52 Å². The Kier molecular flexibility index (Phi) is 5.43. The quantitative estimate of drug-likeness (QED) is 0.799. The summed E-state index contributed by atoms with van der Waals surface area (Å²) in [6.07, 6.45) is 3.87. The highest BCUT2D eigenvalue weighted by Gasteiger charge is 2.24. The minimum absolute atomic E-state index is 0.0965. The average Bonchev–Trinajstić information content (AvgIpc) is 3.05. The van der Waals surface area contributed by atoms with Crippen molar-refractivity contribution in [2.45, 2.75) is 50.1 Å². The van der Waals surface area contributed by atoms with Crippen LogP contribution < -0.4 is 5.32 Å². The minimum Gasteiger partial charge on any atom is -0.360 e. The molecule has 1 heterocycles. The monoisotopic (exact) mass is 377 g/mol. The van der Waals surface area contributed by atoms with E-state index in [9.17, 15) is 13.2 Å². The van der Waals surface area contributed by atoms with Crippen LogP contribution >= 0.6 is 0 Å². The molecule has 1 amide bonds. The van der Waals surface area contributed by atoms with Gasteiger partial charge in [-0.15, -0.1) is 0 Å². The molecule has 1 aliphatic carbocycles. The molecule has 0 unspecified atom stereocenters. The molecule has 3 rings (SSSR count). The number of nitrogens with zero attached hydrogens (tertiary/aromatic N) is 2. The van der Waals surface area contributed by atoms with Crippen LogP contribution in [-0.2, 0) is 23.0 Å². The molecule has 2 aromatic rings. The first-order chi connectivity index (χ1) is 12.4. The van der Waals surface area contributed by atoms with E-state index in [1.54, 1.807) is 18.2 Å². The van der Waals surface area contributed by atoms with Crippen LogP contribution in [0.1, 0.15) is 48.0 Å². The highest BCUT2D eigenvalue weighted by Crippen LogP contribution is 2.20. The number of nitrogens with one attached hydrogen (secondary N) is 1. The lowest BCUT2D eigenvalue weighted by molar-refractivity contribution is 0.0917. The van der Waals surface area contributed by atoms with Gasteiger partial charge in [-0.2, -0.15) is 4.31 Å². The largest absolute Gasteiger partial charge is 0.360 e. The minimum atomic E-state index is -3.68. The molecule has 0 spiro atoms. The number of carbonyl (C=O) groups is 1. The molecule has 1 saturated carbocycles. The summed E-state index contributed by atoms with van der Waals surface area (Å²) in [5.74, 6) is 0.324. The first-order valence-corrected chi connectivity index (χ1v) is 10.2. The van der Waals surface area contributed by atoms with E-state index in [1.165, 1.54) is 23.5 Å². The fourth-order valence-electron chi connectivity index (χ4n) is 2.68. The Bertz CT molecular complexity index is 870. The number of aromatic nitrogens is 1. The fourth-order valence-corrected chi connectivity index (χ4v) is 3.82. The zero-order chi connectivity index (χ0) is 18.7. The van der Waals surface area contributed by atoms with Crippen molar-refractivity contribution < 1.29 is 17.7 Å². The molecular formula is C18H23N3O4S. The van der Waals surface area contributed by atoms with Crippen molar-refractivity contribution in [3.8, 4) is 0 Å². The molecule has 8 heteroatoms. The molecule has 0 atom stereocenters. The van der Waals surface area contributed by atoms with Crippen molar-refractivity contribution in [2.75, 3.05) is 7.05 Å². The molecular weight excluding hydrogens is 354 g/mol. The van der Waals surface area contributed by atoms with E-state index in [2.05, 4.69) is 10.5 Å². The maximum absolute atomic E-state index is 12.7. The van der Waals surface area contributed by atoms with Gasteiger partial charge in [0.15, 0.2) is 5.76 Å². The highest BCUT2D eigenvalue weighted by molar-refractivity contribution is 7.89. The topological polar surface area (TPSA) is 92.5 Å². The van der Waals surface area contributed by atoms with E-state index in [0.717, 1.165) is 31.4 Å². The summed E-state index contributed by atoms with van der Waals surface area (Å²) >= 11 is 0. The zero-order valence-corrected chi connectivity index (χ0v) is 15.8. The third-order valence-electron chi connectivity index (χ3n) is 4.61. The standard InChI is InChI=1S/C18H23N3O4S/c1-3-14-11-16(25-20-14)12-21(2)26(23,24)17-9-7-13(8-10-17)18(22)19-15-5-4-6-15/h7-11,15H,3-6,12H2,1-2H3,(H,19,22). The van der Waals surface area contributed by atoms with Gasteiger partial charge < -0.3 is 9.84 Å². The van der Waals surface area contributed by atoms with E-state index >= 15 is 0 Å². The molecule has 0 radical (unpaired) electrons. The Morgan fingerprint density at radius 2 is 2.00 bits per heavy atom. The molecule has 0 saturated heterocycles. The Morgan fingerprint density at radius 3 is 2.54 bits per heavy atom. The van der Waals surface area contributed by atoms with Crippen molar-refractivity contribution in [3.05, 3.63) is 47.3 Å². The van der Waals surface area contributed by atoms with E-state index in [-0.39, 0.29) is 23.4 Å². The summed E-state index contributed by atoms with van der Waals surface area (Å²) in [4.78, 5) is 12.3. The first kappa shape index (κ1) is 18.6. The van der Waals surface area contributed by atoms with Crippen LogP contribution in [0.4, 0.5) is 0 Å². The van der Waals surface area contributed by atoms with Gasteiger partial charge >= 0.3 is 0 Å². The van der Waals surface area contributed by atoms with Gasteiger partial charge in [-0.3, -0.25) is 4.79 Å². The van der Waals surface area contributed by atoms with Gasteiger partial charge in [0.2, 0.25) is 10.0 Å². The maximum atomic E-state index is 12.7. The Balaban J connectivity index is 1.68. The maximum Gasteiger partial charge on any atom is 0.251 e. The van der Waals surface area contributed by atoms with Crippen LogP contribution in [0, 0.1) is 0 Å². The SMILES string of the molecule is CCc1cc(CN(C)S(=O)(=O)c2ccc(C(=O)NC3CCC3)cc2)on1. The van der Waals surface area contributed by atoms with Gasteiger partial charge in [-0.1, -0.05) is 12.1 Å². The number of benzene rings is 1. The normalized spacial score (nSPS) is 15.0. The second-order valence-corrected chi connectivity index (χ2v) is 8.57. The smallest absolute Gasteiger partial charge is 0.251 e. The Morgan fingerprint density at radius 1 is 1.31 bits per heavy atom. The van der Waals surface area contributed by atoms with Crippen molar-refractivity contribution in [2.24, 2.45) is 0 Å². The molecule has 0 aliphatic heterocycles. The number of sulfonamides is 1. The second-order valence-electron chi connectivity index (χ2n) is 6.52. The van der Waals surface area contributed by atoms with Gasteiger partial charge in [0.1, 0.15) is 0 Å². The fraction of sp³-hybridized carbons (Fsp3) is 0.444. The predicted octanol–water partition coefficient (Wildman–Crippen LogP) is 2.34. The molecule has 1 aromatic heterocycles. The van der Waals surface area contributed by atoms with Crippen LogP contribution in [0.5, 0.6) is 0 Å². The van der Waals surface area contributed by atoms with Crippen molar-refractivity contribution in [1.82, 2.24) is 14.8 Å². The van der Waals surface area contributed by atoms with Crippen LogP contribution in [0.15, 0.2) is 39.8 Å². The summed E-state index contributed by atoms with van der Waals surface area (Å²) in [5.41, 5.74) is 1.24. The molecule has 0 bridgehead atoms. The first-order valence-electron chi connectivity index (χ1n) is 8.72. The lowest BCUT2D eigenvalue weighted by atomic mass is 9.93. The molecule has 7 nitrogen and oxygen atoms in total. The van der Waals surface area contributed by atoms with Crippen molar-refractivity contribution >= 4 is 15.9 Å². The summed E-state index contributed by atoms with van der Waals surface area (Å²) < 4.78 is 31.7. The number of hydrogen-bond donors (Lipinski definition) is 1. The third-order valence-corrected chi connectivity index (χ3v) is 6.43. The van der Waals surface area contributed by atoms with E-state index < -0.39 is 10.0 Å². The lowest BCUT2D eigenvalue weighted by Gasteiger charge is -2.26. The predicted molar refractivity (Wildman–Crippen MR) is 96.1 cm³/mol. The number of rotatable bonds is 7. The third kappa shape index (κ3) is 3.96. The lowest BCUT2D eigenvalue weighted by Crippen LogP contribution is -2.39. The van der Waals surface area contributed by atoms with E-state index in [1.807, 2.05) is 6.92 Å². The summed E-state index contributed by atoms with van der Waals surface area (Å²) in [6, 6.07) is 7.99. The van der Waals surface area contributed by atoms with Crippen LogP contribution in [0.3, 0.4) is 0 Å². The molecule has 26 heavy (non-hydrogen) atoms. The van der Waals surface area contributed by atoms with Crippen LogP contribution in [0.25, 0.3) is 0 Å². The number of aryl methyl sites for hydroxylation is 1. The molecule has 140 valence electrons. The number of hydrogen-bond acceptors (Lipinski definition) is 5. The molecule has 1 N–H and O–H groups in total. The summed E-state index contributed by atoms with van der Waals surface area (Å²) in [6.45, 7) is 2.05. The molecule has 1 fully saturated rings. The number of amides is 1. The van der Waals surface area contributed by atoms with Crippen molar-refractivity contribution in [3.63, 3.8) is 0 Å². The van der Waals surface area contributed by atoms with Gasteiger partial charge in [0, 0.05) is 24.7 Å². The molecule has 1 aromatic carbocycles. The van der Waals surface area contributed by atoms with E-state index in [0.29, 0.717) is 11.3 Å². The van der Waals surface area contributed by atoms with Gasteiger partial charge in [0.25, 0.3) is 5.91 Å². The van der Waals surface area contributed by atoms with Crippen LogP contribution in [0.2, 0.25) is 0 Å². The Labute approximate surface area is 153 Å². The number of carbonyl (C=O) groups excluding carboxylic acids is 1. The van der Waals surface area contributed by atoms with Gasteiger partial charge in [-0.25, -0.2) is 8.42 Å². The summed E-state index contributed by atoms with van der Waals surface area (Å²) in [5, 5.41) is 6.80. The molecule has 1 aliphatic rings. The second kappa shape index (κ2) is 7.59. The van der Waals surface area contributed by atoms with Crippen molar-refractivity contribution in [1.29, 1.82) is 0 Å². The van der Waals surface area contributed by atoms with Crippen LogP contribution in [-0.4, -0.2) is 36.9 Å². The average molecular weight is 377 g/mol. The zero-order valence-electron chi connectivity index (χ0n) is 14.9. The Hall–Kier alpha value is -2.19. The van der Waals surface area contributed by atoms with Gasteiger partial charge in [0.05, 0.1) is 17.1 Å². The summed E-state index contributed by atoms with van der Waals surface area (Å²) in [7, 11) is -2.19. The van der Waals surface area contributed by atoms with Gasteiger partial charge in [-0.05, 0) is 49.9 Å².